The molecule has 0 heterocycles. The van der Waals surface area contributed by atoms with Crippen molar-refractivity contribution in [1.82, 2.24) is 0 Å². The minimum atomic E-state index is -0.370. The maximum absolute atomic E-state index is 13.4. The summed E-state index contributed by atoms with van der Waals surface area (Å²) in [7, 11) is 0. The number of nitrogens with zero attached hydrogens (tertiary/aromatic N) is 1. The van der Waals surface area contributed by atoms with E-state index in [0.717, 1.165) is 23.7 Å². The Labute approximate surface area is 126 Å². The van der Waals surface area contributed by atoms with Gasteiger partial charge >= 0.3 is 0 Å². The Kier molecular flexibility index (Phi) is 6.26. The van der Waals surface area contributed by atoms with Crippen LogP contribution >= 0.6 is 15.9 Å². The van der Waals surface area contributed by atoms with E-state index in [4.69, 9.17) is 15.7 Å². The highest BCUT2D eigenvalue weighted by molar-refractivity contribution is 9.10. The van der Waals surface area contributed by atoms with E-state index in [2.05, 4.69) is 21.1 Å². The lowest BCUT2D eigenvalue weighted by Crippen LogP contribution is -2.31. The molecule has 0 atom stereocenters. The summed E-state index contributed by atoms with van der Waals surface area (Å²) in [4.78, 5) is 0. The zero-order chi connectivity index (χ0) is 15.2. The Hall–Kier alpha value is -1.30. The summed E-state index contributed by atoms with van der Waals surface area (Å²) in [6.07, 6.45) is 2.39. The van der Waals surface area contributed by atoms with Crippen LogP contribution in [-0.2, 0) is 0 Å². The van der Waals surface area contributed by atoms with Gasteiger partial charge in [0.05, 0.1) is 6.61 Å². The second-order valence-electron chi connectivity index (χ2n) is 5.25. The molecule has 0 aliphatic heterocycles. The smallest absolute Gasteiger partial charge is 0.165 e. The predicted molar refractivity (Wildman–Crippen MR) is 80.6 cm³/mol. The van der Waals surface area contributed by atoms with Crippen LogP contribution in [0.15, 0.2) is 27.8 Å². The van der Waals surface area contributed by atoms with Gasteiger partial charge in [0, 0.05) is 9.89 Å². The Bertz CT molecular complexity index is 478. The third kappa shape index (κ3) is 5.00. The summed E-state index contributed by atoms with van der Waals surface area (Å²) in [5, 5.41) is 11.7. The Morgan fingerprint density at radius 1 is 1.45 bits per heavy atom. The topological polar surface area (TPSA) is 67.8 Å². The molecular weight excluding hydrogens is 327 g/mol. The molecule has 0 spiro atoms. The second kappa shape index (κ2) is 7.47. The molecule has 0 radical (unpaired) electrons. The summed E-state index contributed by atoms with van der Waals surface area (Å²) in [6, 6.07) is 4.60. The first-order valence-electron chi connectivity index (χ1n) is 6.42. The average Bonchev–Trinajstić information content (AvgIpc) is 2.41. The van der Waals surface area contributed by atoms with Crippen molar-refractivity contribution in [1.29, 1.82) is 0 Å². The van der Waals surface area contributed by atoms with Crippen LogP contribution < -0.4 is 10.5 Å². The van der Waals surface area contributed by atoms with Crippen molar-refractivity contribution in [3.63, 3.8) is 0 Å². The van der Waals surface area contributed by atoms with Gasteiger partial charge in [0.2, 0.25) is 0 Å². The number of oxime groups is 1. The molecule has 0 aliphatic carbocycles. The summed E-state index contributed by atoms with van der Waals surface area (Å²) < 4.78 is 19.6. The van der Waals surface area contributed by atoms with Crippen LogP contribution in [0.4, 0.5) is 4.39 Å². The van der Waals surface area contributed by atoms with E-state index < -0.39 is 0 Å². The van der Waals surface area contributed by atoms with E-state index in [1.54, 1.807) is 12.1 Å². The number of amidine groups is 1. The average molecular weight is 347 g/mol. The maximum atomic E-state index is 13.4. The van der Waals surface area contributed by atoms with Gasteiger partial charge in [-0.2, -0.15) is 0 Å². The van der Waals surface area contributed by atoms with Gasteiger partial charge in [-0.25, -0.2) is 4.39 Å². The highest BCUT2D eigenvalue weighted by Crippen LogP contribution is 2.25. The highest BCUT2D eigenvalue weighted by Gasteiger charge is 2.22. The van der Waals surface area contributed by atoms with Crippen LogP contribution in [0.5, 0.6) is 5.75 Å². The molecule has 0 bridgehead atoms. The fourth-order valence-electron chi connectivity index (χ4n) is 1.70. The molecule has 6 heteroatoms. The number of unbranched alkanes of at least 4 members (excludes halogenated alkanes) is 1. The van der Waals surface area contributed by atoms with Gasteiger partial charge in [-0.15, -0.1) is 0 Å². The first-order valence-corrected chi connectivity index (χ1v) is 7.22. The minimum Gasteiger partial charge on any atom is -0.490 e. The van der Waals surface area contributed by atoms with Gasteiger partial charge in [0.1, 0.15) is 5.84 Å². The molecule has 20 heavy (non-hydrogen) atoms. The normalized spacial score (nSPS) is 12.5. The molecule has 0 saturated carbocycles. The van der Waals surface area contributed by atoms with Crippen LogP contribution in [0.1, 0.15) is 33.1 Å². The summed E-state index contributed by atoms with van der Waals surface area (Å²) in [5.41, 5.74) is 5.26. The zero-order valence-corrected chi connectivity index (χ0v) is 13.3. The number of rotatable bonds is 7. The van der Waals surface area contributed by atoms with E-state index in [1.807, 2.05) is 13.8 Å². The van der Waals surface area contributed by atoms with Crippen LogP contribution in [0.2, 0.25) is 0 Å². The molecule has 0 amide bonds. The molecule has 3 N–H and O–H groups in total. The first kappa shape index (κ1) is 16.8. The molecule has 112 valence electrons. The van der Waals surface area contributed by atoms with Crippen LogP contribution in [0, 0.1) is 11.2 Å². The van der Waals surface area contributed by atoms with Crippen molar-refractivity contribution in [2.75, 3.05) is 6.61 Å². The monoisotopic (exact) mass is 346 g/mol. The number of halogens is 2. The van der Waals surface area contributed by atoms with E-state index in [9.17, 15) is 4.39 Å². The van der Waals surface area contributed by atoms with Gasteiger partial charge in [0.25, 0.3) is 0 Å². The van der Waals surface area contributed by atoms with Crippen molar-refractivity contribution in [3.05, 3.63) is 28.5 Å². The molecule has 0 unspecified atom stereocenters. The van der Waals surface area contributed by atoms with Gasteiger partial charge in [-0.3, -0.25) is 0 Å². The second-order valence-corrected chi connectivity index (χ2v) is 6.17. The number of hydrogen-bond acceptors (Lipinski definition) is 3. The molecule has 0 fully saturated rings. The number of nitrogens with two attached hydrogens (primary N) is 1. The lowest BCUT2D eigenvalue weighted by molar-refractivity contribution is 0.279. The minimum absolute atomic E-state index is 0.219. The fourth-order valence-corrected chi connectivity index (χ4v) is 2.04. The zero-order valence-electron chi connectivity index (χ0n) is 11.7. The molecule has 1 aromatic carbocycles. The van der Waals surface area contributed by atoms with Crippen molar-refractivity contribution in [2.45, 2.75) is 33.1 Å². The van der Waals surface area contributed by atoms with Gasteiger partial charge in [-0.1, -0.05) is 34.9 Å². The lowest BCUT2D eigenvalue weighted by atomic mass is 9.86. The van der Waals surface area contributed by atoms with Crippen LogP contribution in [0.3, 0.4) is 0 Å². The summed E-state index contributed by atoms with van der Waals surface area (Å²) in [6.45, 7) is 4.26. The number of benzene rings is 1. The third-order valence-electron chi connectivity index (χ3n) is 3.15. The molecule has 0 saturated heterocycles. The molecule has 0 aromatic heterocycles. The van der Waals surface area contributed by atoms with Crippen molar-refractivity contribution in [2.24, 2.45) is 16.3 Å². The van der Waals surface area contributed by atoms with E-state index in [-0.39, 0.29) is 22.8 Å². The largest absolute Gasteiger partial charge is 0.490 e. The van der Waals surface area contributed by atoms with Crippen molar-refractivity contribution < 1.29 is 14.3 Å². The standard InChI is InChI=1S/C14H20BrFN2O2/c1-14(2,13(17)18-19)7-3-4-8-20-12-9-10(15)5-6-11(12)16/h5-6,9,19H,3-4,7-8H2,1-2H3,(H2,17,18). The van der Waals surface area contributed by atoms with Crippen LogP contribution in [-0.4, -0.2) is 17.6 Å². The quantitative estimate of drug-likeness (QED) is 0.258. The Morgan fingerprint density at radius 3 is 2.80 bits per heavy atom. The van der Waals surface area contributed by atoms with E-state index >= 15 is 0 Å². The van der Waals surface area contributed by atoms with Crippen molar-refractivity contribution in [3.8, 4) is 5.75 Å². The Morgan fingerprint density at radius 2 is 2.15 bits per heavy atom. The lowest BCUT2D eigenvalue weighted by Gasteiger charge is -2.22. The third-order valence-corrected chi connectivity index (χ3v) is 3.64. The highest BCUT2D eigenvalue weighted by atomic mass is 79.9. The fraction of sp³-hybridized carbons (Fsp3) is 0.500. The first-order chi connectivity index (χ1) is 9.36. The van der Waals surface area contributed by atoms with Crippen LogP contribution in [0.25, 0.3) is 0 Å². The number of hydrogen-bond donors (Lipinski definition) is 2. The van der Waals surface area contributed by atoms with Gasteiger partial charge < -0.3 is 15.7 Å². The number of ether oxygens (including phenoxy) is 1. The molecule has 1 aromatic rings. The summed E-state index contributed by atoms with van der Waals surface area (Å²) in [5.74, 6) is 0.0942. The van der Waals surface area contributed by atoms with Gasteiger partial charge in [-0.05, 0) is 37.5 Å². The van der Waals surface area contributed by atoms with E-state index in [0.29, 0.717) is 6.61 Å². The molecule has 0 aliphatic rings. The molecule has 1 rings (SSSR count). The van der Waals surface area contributed by atoms with E-state index in [1.165, 1.54) is 6.07 Å². The predicted octanol–water partition coefficient (Wildman–Crippen LogP) is 3.91. The molecular formula is C14H20BrFN2O2. The van der Waals surface area contributed by atoms with Crippen molar-refractivity contribution >= 4 is 21.8 Å². The van der Waals surface area contributed by atoms with Gasteiger partial charge in [0.15, 0.2) is 11.6 Å². The summed E-state index contributed by atoms with van der Waals surface area (Å²) >= 11 is 3.27. The Balaban J connectivity index is 2.34. The molecule has 4 nitrogen and oxygen atoms in total. The maximum Gasteiger partial charge on any atom is 0.165 e. The SMILES string of the molecule is CC(C)(CCCCOc1cc(Br)ccc1F)/C(N)=N/O.